The summed E-state index contributed by atoms with van der Waals surface area (Å²) in [7, 11) is 0. The van der Waals surface area contributed by atoms with Gasteiger partial charge < -0.3 is 4.42 Å². The minimum atomic E-state index is 0.325. The van der Waals surface area contributed by atoms with Gasteiger partial charge in [0.25, 0.3) is 0 Å². The highest BCUT2D eigenvalue weighted by Crippen LogP contribution is 2.08. The van der Waals surface area contributed by atoms with E-state index in [2.05, 4.69) is 13.8 Å². The topological polar surface area (TPSA) is 30.2 Å². The van der Waals surface area contributed by atoms with Crippen molar-refractivity contribution in [1.29, 1.82) is 0 Å². The molecule has 13 heavy (non-hydrogen) atoms. The van der Waals surface area contributed by atoms with Crippen LogP contribution in [0, 0.1) is 5.92 Å². The Balaban J connectivity index is 2.23. The van der Waals surface area contributed by atoms with E-state index in [0.717, 1.165) is 12.2 Å². The number of carbonyl (C=O) groups excluding carboxylic acids is 1. The number of aryl methyl sites for hydroxylation is 1. The molecule has 1 aromatic heterocycles. The summed E-state index contributed by atoms with van der Waals surface area (Å²) < 4.78 is 5.14. The number of carbonyl (C=O) groups is 1. The van der Waals surface area contributed by atoms with E-state index in [4.69, 9.17) is 4.42 Å². The summed E-state index contributed by atoms with van der Waals surface area (Å²) in [6.45, 7) is 4.12. The second-order valence-electron chi connectivity index (χ2n) is 3.72. The zero-order valence-corrected chi connectivity index (χ0v) is 8.25. The standard InChI is InChI=1S/C11H16O2/c1-9(2)8-10(12)5-6-11-4-3-7-13-11/h3-4,7,9H,5-6,8H2,1-2H3. The van der Waals surface area contributed by atoms with Crippen LogP contribution in [0.3, 0.4) is 0 Å². The van der Waals surface area contributed by atoms with Crippen LogP contribution in [0.25, 0.3) is 0 Å². The largest absolute Gasteiger partial charge is 0.469 e. The number of ketones is 1. The molecule has 1 rings (SSSR count). The summed E-state index contributed by atoms with van der Waals surface area (Å²) in [5.74, 6) is 1.69. The molecule has 0 radical (unpaired) electrons. The molecule has 2 heteroatoms. The molecule has 0 aliphatic rings. The third-order valence-electron chi connectivity index (χ3n) is 1.87. The van der Waals surface area contributed by atoms with Gasteiger partial charge in [0.1, 0.15) is 11.5 Å². The number of rotatable bonds is 5. The first-order valence-electron chi connectivity index (χ1n) is 4.72. The highest BCUT2D eigenvalue weighted by Gasteiger charge is 2.06. The first-order valence-corrected chi connectivity index (χ1v) is 4.72. The maximum Gasteiger partial charge on any atom is 0.133 e. The van der Waals surface area contributed by atoms with E-state index in [0.29, 0.717) is 24.5 Å². The van der Waals surface area contributed by atoms with Crippen LogP contribution in [0.5, 0.6) is 0 Å². The molecule has 0 N–H and O–H groups in total. The van der Waals surface area contributed by atoms with Gasteiger partial charge in [0.15, 0.2) is 0 Å². The molecule has 0 aromatic carbocycles. The fourth-order valence-corrected chi connectivity index (χ4v) is 1.27. The Bertz CT molecular complexity index is 247. The van der Waals surface area contributed by atoms with Crippen molar-refractivity contribution in [2.75, 3.05) is 0 Å². The fraction of sp³-hybridized carbons (Fsp3) is 0.545. The minimum absolute atomic E-state index is 0.325. The van der Waals surface area contributed by atoms with Gasteiger partial charge in [0, 0.05) is 19.3 Å². The van der Waals surface area contributed by atoms with Crippen LogP contribution < -0.4 is 0 Å². The molecule has 0 saturated carbocycles. The maximum atomic E-state index is 11.3. The molecule has 0 unspecified atom stereocenters. The lowest BCUT2D eigenvalue weighted by Crippen LogP contribution is -2.03. The third-order valence-corrected chi connectivity index (χ3v) is 1.87. The second-order valence-corrected chi connectivity index (χ2v) is 3.72. The van der Waals surface area contributed by atoms with Gasteiger partial charge >= 0.3 is 0 Å². The molecule has 72 valence electrons. The average Bonchev–Trinajstić information content (AvgIpc) is 2.51. The Morgan fingerprint density at radius 3 is 2.85 bits per heavy atom. The highest BCUT2D eigenvalue weighted by atomic mass is 16.3. The van der Waals surface area contributed by atoms with E-state index in [1.54, 1.807) is 6.26 Å². The first-order chi connectivity index (χ1) is 6.18. The smallest absolute Gasteiger partial charge is 0.133 e. The van der Waals surface area contributed by atoms with E-state index < -0.39 is 0 Å². The van der Waals surface area contributed by atoms with Crippen molar-refractivity contribution in [3.05, 3.63) is 24.2 Å². The molecule has 0 aliphatic heterocycles. The van der Waals surface area contributed by atoms with E-state index in [-0.39, 0.29) is 0 Å². The summed E-state index contributed by atoms with van der Waals surface area (Å²) in [5, 5.41) is 0. The SMILES string of the molecule is CC(C)CC(=O)CCc1ccco1. The molecular weight excluding hydrogens is 164 g/mol. The third kappa shape index (κ3) is 3.92. The van der Waals surface area contributed by atoms with Crippen LogP contribution in [0.4, 0.5) is 0 Å². The van der Waals surface area contributed by atoms with Crippen molar-refractivity contribution in [1.82, 2.24) is 0 Å². The molecular formula is C11H16O2. The summed E-state index contributed by atoms with van der Waals surface area (Å²) in [5.41, 5.74) is 0. The molecule has 0 amide bonds. The van der Waals surface area contributed by atoms with Gasteiger partial charge in [-0.3, -0.25) is 4.79 Å². The van der Waals surface area contributed by atoms with E-state index in [1.807, 2.05) is 12.1 Å². The molecule has 0 atom stereocenters. The monoisotopic (exact) mass is 180 g/mol. The van der Waals surface area contributed by atoms with E-state index >= 15 is 0 Å². The molecule has 2 nitrogen and oxygen atoms in total. The average molecular weight is 180 g/mol. The predicted molar refractivity (Wildman–Crippen MR) is 51.5 cm³/mol. The predicted octanol–water partition coefficient (Wildman–Crippen LogP) is 2.83. The summed E-state index contributed by atoms with van der Waals surface area (Å²) in [6, 6.07) is 3.75. The Labute approximate surface area is 78.9 Å². The number of hydrogen-bond acceptors (Lipinski definition) is 2. The van der Waals surface area contributed by atoms with E-state index in [1.165, 1.54) is 0 Å². The fourth-order valence-electron chi connectivity index (χ4n) is 1.27. The Kier molecular flexibility index (Phi) is 3.74. The van der Waals surface area contributed by atoms with Crippen molar-refractivity contribution in [3.63, 3.8) is 0 Å². The van der Waals surface area contributed by atoms with Crippen LogP contribution in [0.15, 0.2) is 22.8 Å². The summed E-state index contributed by atoms with van der Waals surface area (Å²) in [6.07, 6.45) is 3.66. The Morgan fingerprint density at radius 2 is 2.31 bits per heavy atom. The number of Topliss-reactive ketones (excluding diaryl/α,β-unsaturated/α-hetero) is 1. The summed E-state index contributed by atoms with van der Waals surface area (Å²) in [4.78, 5) is 11.3. The van der Waals surface area contributed by atoms with Crippen molar-refractivity contribution in [2.24, 2.45) is 5.92 Å². The van der Waals surface area contributed by atoms with Crippen LogP contribution in [0.1, 0.15) is 32.4 Å². The van der Waals surface area contributed by atoms with Gasteiger partial charge in [-0.2, -0.15) is 0 Å². The molecule has 0 bridgehead atoms. The first kappa shape index (κ1) is 10.0. The van der Waals surface area contributed by atoms with Gasteiger partial charge in [-0.05, 0) is 18.1 Å². The van der Waals surface area contributed by atoms with Gasteiger partial charge in [0.05, 0.1) is 6.26 Å². The quantitative estimate of drug-likeness (QED) is 0.697. The Hall–Kier alpha value is -1.05. The van der Waals surface area contributed by atoms with Crippen molar-refractivity contribution in [3.8, 4) is 0 Å². The lowest BCUT2D eigenvalue weighted by molar-refractivity contribution is -0.119. The van der Waals surface area contributed by atoms with Gasteiger partial charge in [-0.25, -0.2) is 0 Å². The van der Waals surface area contributed by atoms with Crippen LogP contribution >= 0.6 is 0 Å². The summed E-state index contributed by atoms with van der Waals surface area (Å²) >= 11 is 0. The highest BCUT2D eigenvalue weighted by molar-refractivity contribution is 5.78. The Morgan fingerprint density at radius 1 is 1.54 bits per heavy atom. The lowest BCUT2D eigenvalue weighted by Gasteiger charge is -2.01. The number of hydrogen-bond donors (Lipinski definition) is 0. The number of furan rings is 1. The van der Waals surface area contributed by atoms with Crippen LogP contribution in [-0.2, 0) is 11.2 Å². The lowest BCUT2D eigenvalue weighted by atomic mass is 10.0. The van der Waals surface area contributed by atoms with Gasteiger partial charge in [-0.1, -0.05) is 13.8 Å². The van der Waals surface area contributed by atoms with Crippen LogP contribution in [-0.4, -0.2) is 5.78 Å². The van der Waals surface area contributed by atoms with Gasteiger partial charge in [0.2, 0.25) is 0 Å². The second kappa shape index (κ2) is 4.85. The molecule has 1 aromatic rings. The van der Waals surface area contributed by atoms with Crippen LogP contribution in [0.2, 0.25) is 0 Å². The van der Waals surface area contributed by atoms with Crippen molar-refractivity contribution < 1.29 is 9.21 Å². The van der Waals surface area contributed by atoms with E-state index in [9.17, 15) is 4.79 Å². The maximum absolute atomic E-state index is 11.3. The molecule has 0 spiro atoms. The van der Waals surface area contributed by atoms with Crippen molar-refractivity contribution in [2.45, 2.75) is 33.1 Å². The molecule has 0 aliphatic carbocycles. The zero-order valence-electron chi connectivity index (χ0n) is 8.25. The normalized spacial score (nSPS) is 10.7. The zero-order chi connectivity index (χ0) is 9.68. The minimum Gasteiger partial charge on any atom is -0.469 e. The molecule has 0 fully saturated rings. The molecule has 0 saturated heterocycles. The van der Waals surface area contributed by atoms with Crippen molar-refractivity contribution >= 4 is 5.78 Å². The van der Waals surface area contributed by atoms with Gasteiger partial charge in [-0.15, -0.1) is 0 Å². The molecule has 1 heterocycles.